The fourth-order valence-electron chi connectivity index (χ4n) is 2.60. The van der Waals surface area contributed by atoms with Crippen LogP contribution in [0.15, 0.2) is 57.5 Å². The molecule has 6 nitrogen and oxygen atoms in total. The largest absolute Gasteiger partial charge is 0.441 e. The number of hydrogen-bond acceptors (Lipinski definition) is 5. The Balaban J connectivity index is 1.34. The van der Waals surface area contributed by atoms with Gasteiger partial charge in [0.15, 0.2) is 11.5 Å². The summed E-state index contributed by atoms with van der Waals surface area (Å²) in [5.74, 6) is 0.657. The zero-order valence-corrected chi connectivity index (χ0v) is 12.9. The zero-order valence-electron chi connectivity index (χ0n) is 12.9. The average molecular weight is 321 g/mol. The van der Waals surface area contributed by atoms with Gasteiger partial charge in [-0.3, -0.25) is 4.79 Å². The molecule has 120 valence electrons. The van der Waals surface area contributed by atoms with E-state index in [0.29, 0.717) is 29.8 Å². The lowest BCUT2D eigenvalue weighted by atomic mass is 10.2. The van der Waals surface area contributed by atoms with Crippen molar-refractivity contribution < 1.29 is 13.7 Å². The molecule has 24 heavy (non-hydrogen) atoms. The SMILES string of the molecule is O=C(NCCCc1nc2ccccc2o1)c1onc2ccccc12. The van der Waals surface area contributed by atoms with E-state index in [0.717, 1.165) is 17.5 Å². The Labute approximate surface area is 137 Å². The van der Waals surface area contributed by atoms with Gasteiger partial charge in [0.05, 0.1) is 5.39 Å². The van der Waals surface area contributed by atoms with Gasteiger partial charge in [0.2, 0.25) is 5.76 Å². The van der Waals surface area contributed by atoms with E-state index in [1.54, 1.807) is 0 Å². The molecule has 0 radical (unpaired) electrons. The number of fused-ring (bicyclic) bond motifs is 2. The minimum absolute atomic E-state index is 0.243. The average Bonchev–Trinajstić information content (AvgIpc) is 3.22. The molecule has 2 heterocycles. The Hall–Kier alpha value is -3.15. The molecule has 0 aliphatic rings. The van der Waals surface area contributed by atoms with Gasteiger partial charge < -0.3 is 14.3 Å². The fourth-order valence-corrected chi connectivity index (χ4v) is 2.60. The lowest BCUT2D eigenvalue weighted by molar-refractivity contribution is 0.0918. The van der Waals surface area contributed by atoms with Gasteiger partial charge in [-0.2, -0.15) is 0 Å². The monoisotopic (exact) mass is 321 g/mol. The number of hydrogen-bond donors (Lipinski definition) is 1. The molecule has 1 N–H and O–H groups in total. The van der Waals surface area contributed by atoms with Crippen LogP contribution in [-0.4, -0.2) is 22.6 Å². The molecule has 0 saturated heterocycles. The first-order chi connectivity index (χ1) is 11.8. The molecule has 6 heteroatoms. The van der Waals surface area contributed by atoms with E-state index < -0.39 is 0 Å². The van der Waals surface area contributed by atoms with Crippen LogP contribution in [0.25, 0.3) is 22.0 Å². The van der Waals surface area contributed by atoms with Gasteiger partial charge in [0.25, 0.3) is 5.91 Å². The Bertz CT molecular complexity index is 970. The summed E-state index contributed by atoms with van der Waals surface area (Å²) >= 11 is 0. The maximum atomic E-state index is 12.2. The smallest absolute Gasteiger partial charge is 0.290 e. The third-order valence-electron chi connectivity index (χ3n) is 3.78. The quantitative estimate of drug-likeness (QED) is 0.570. The van der Waals surface area contributed by atoms with Gasteiger partial charge >= 0.3 is 0 Å². The number of amides is 1. The number of carbonyl (C=O) groups is 1. The van der Waals surface area contributed by atoms with E-state index in [-0.39, 0.29) is 11.7 Å². The second-order valence-corrected chi connectivity index (χ2v) is 5.46. The van der Waals surface area contributed by atoms with Crippen LogP contribution < -0.4 is 5.32 Å². The fraction of sp³-hybridized carbons (Fsp3) is 0.167. The summed E-state index contributed by atoms with van der Waals surface area (Å²) in [6.07, 6.45) is 1.39. The van der Waals surface area contributed by atoms with Gasteiger partial charge in [-0.1, -0.05) is 29.4 Å². The topological polar surface area (TPSA) is 81.2 Å². The standard InChI is InChI=1S/C18H15N3O3/c22-18(17-12-6-1-2-7-13(12)21-24-17)19-11-5-10-16-20-14-8-3-4-9-15(14)23-16/h1-4,6-9H,5,10-11H2,(H,19,22). The molecular formula is C18H15N3O3. The summed E-state index contributed by atoms with van der Waals surface area (Å²) in [6.45, 7) is 0.507. The van der Waals surface area contributed by atoms with Gasteiger partial charge in [-0.25, -0.2) is 4.98 Å². The van der Waals surface area contributed by atoms with E-state index in [9.17, 15) is 4.79 Å². The maximum Gasteiger partial charge on any atom is 0.290 e. The molecule has 0 aliphatic carbocycles. The molecule has 2 aromatic heterocycles. The van der Waals surface area contributed by atoms with Crippen LogP contribution in [0.3, 0.4) is 0 Å². The molecule has 0 unspecified atom stereocenters. The highest BCUT2D eigenvalue weighted by Gasteiger charge is 2.15. The van der Waals surface area contributed by atoms with Crippen molar-refractivity contribution in [2.24, 2.45) is 0 Å². The number of aromatic nitrogens is 2. The van der Waals surface area contributed by atoms with Crippen molar-refractivity contribution in [3.63, 3.8) is 0 Å². The molecule has 0 atom stereocenters. The minimum atomic E-state index is -0.263. The van der Waals surface area contributed by atoms with Gasteiger partial charge in [-0.05, 0) is 30.7 Å². The third-order valence-corrected chi connectivity index (χ3v) is 3.78. The first-order valence-corrected chi connectivity index (χ1v) is 7.78. The van der Waals surface area contributed by atoms with Crippen LogP contribution in [0.4, 0.5) is 0 Å². The molecule has 0 bridgehead atoms. The third kappa shape index (κ3) is 2.74. The Morgan fingerprint density at radius 2 is 1.83 bits per heavy atom. The molecule has 0 spiro atoms. The van der Waals surface area contributed by atoms with E-state index >= 15 is 0 Å². The van der Waals surface area contributed by atoms with Gasteiger partial charge in [-0.15, -0.1) is 0 Å². The molecule has 4 rings (SSSR count). The summed E-state index contributed by atoms with van der Waals surface area (Å²) in [5, 5.41) is 7.43. The van der Waals surface area contributed by atoms with Crippen molar-refractivity contribution in [1.29, 1.82) is 0 Å². The van der Waals surface area contributed by atoms with Gasteiger partial charge in [0.1, 0.15) is 11.0 Å². The van der Waals surface area contributed by atoms with Crippen LogP contribution in [0.5, 0.6) is 0 Å². The number of oxazole rings is 1. The highest BCUT2D eigenvalue weighted by atomic mass is 16.5. The molecule has 1 amide bonds. The Morgan fingerprint density at radius 1 is 1.04 bits per heavy atom. The molecule has 0 saturated carbocycles. The number of aryl methyl sites for hydroxylation is 1. The first-order valence-electron chi connectivity index (χ1n) is 7.78. The summed E-state index contributed by atoms with van der Waals surface area (Å²) in [5.41, 5.74) is 2.31. The van der Waals surface area contributed by atoms with Crippen molar-refractivity contribution in [3.05, 3.63) is 60.2 Å². The predicted molar refractivity (Wildman–Crippen MR) is 88.7 cm³/mol. The Kier molecular flexibility index (Phi) is 3.70. The molecule has 4 aromatic rings. The lowest BCUT2D eigenvalue weighted by Gasteiger charge is -2.01. The predicted octanol–water partition coefficient (Wildman–Crippen LogP) is 3.33. The molecule has 0 fully saturated rings. The first kappa shape index (κ1) is 14.4. The number of para-hydroxylation sites is 2. The van der Waals surface area contributed by atoms with Gasteiger partial charge in [0, 0.05) is 13.0 Å². The molecule has 0 aliphatic heterocycles. The van der Waals surface area contributed by atoms with E-state index in [1.807, 2.05) is 48.5 Å². The van der Waals surface area contributed by atoms with E-state index in [1.165, 1.54) is 0 Å². The Morgan fingerprint density at radius 3 is 2.71 bits per heavy atom. The van der Waals surface area contributed by atoms with Crippen LogP contribution in [0.2, 0.25) is 0 Å². The maximum absolute atomic E-state index is 12.2. The van der Waals surface area contributed by atoms with Crippen LogP contribution in [-0.2, 0) is 6.42 Å². The van der Waals surface area contributed by atoms with E-state index in [2.05, 4.69) is 15.5 Å². The second kappa shape index (κ2) is 6.16. The van der Waals surface area contributed by atoms with Crippen LogP contribution >= 0.6 is 0 Å². The zero-order chi connectivity index (χ0) is 16.4. The summed E-state index contributed by atoms with van der Waals surface area (Å²) in [6, 6.07) is 15.0. The summed E-state index contributed by atoms with van der Waals surface area (Å²) in [4.78, 5) is 16.6. The minimum Gasteiger partial charge on any atom is -0.441 e. The van der Waals surface area contributed by atoms with Crippen LogP contribution in [0, 0.1) is 0 Å². The number of nitrogens with zero attached hydrogens (tertiary/aromatic N) is 2. The highest BCUT2D eigenvalue weighted by Crippen LogP contribution is 2.18. The molecular weight excluding hydrogens is 306 g/mol. The highest BCUT2D eigenvalue weighted by molar-refractivity contribution is 6.03. The number of rotatable bonds is 5. The summed E-state index contributed by atoms with van der Waals surface area (Å²) in [7, 11) is 0. The second-order valence-electron chi connectivity index (χ2n) is 5.46. The number of nitrogens with one attached hydrogen (secondary N) is 1. The van der Waals surface area contributed by atoms with Crippen molar-refractivity contribution in [3.8, 4) is 0 Å². The van der Waals surface area contributed by atoms with E-state index in [4.69, 9.17) is 8.94 Å². The van der Waals surface area contributed by atoms with Crippen molar-refractivity contribution in [2.75, 3.05) is 6.54 Å². The van der Waals surface area contributed by atoms with Crippen molar-refractivity contribution in [2.45, 2.75) is 12.8 Å². The number of carbonyl (C=O) groups excluding carboxylic acids is 1. The van der Waals surface area contributed by atoms with Crippen molar-refractivity contribution >= 4 is 27.9 Å². The lowest BCUT2D eigenvalue weighted by Crippen LogP contribution is -2.24. The molecule has 2 aromatic carbocycles. The van der Waals surface area contributed by atoms with Crippen molar-refractivity contribution in [1.82, 2.24) is 15.5 Å². The summed E-state index contributed by atoms with van der Waals surface area (Å²) < 4.78 is 10.8. The normalized spacial score (nSPS) is 11.2. The van der Waals surface area contributed by atoms with Crippen LogP contribution in [0.1, 0.15) is 22.9 Å². The number of benzene rings is 2.